The van der Waals surface area contributed by atoms with Crippen molar-refractivity contribution in [3.8, 4) is 56.2 Å². The van der Waals surface area contributed by atoms with Gasteiger partial charge in [0.2, 0.25) is 0 Å². The summed E-state index contributed by atoms with van der Waals surface area (Å²) in [5.74, 6) is 0.684. The summed E-state index contributed by atoms with van der Waals surface area (Å²) < 4.78 is 6.71. The van der Waals surface area contributed by atoms with Crippen molar-refractivity contribution in [2.24, 2.45) is 0 Å². The fourth-order valence-corrected chi connectivity index (χ4v) is 7.24. The summed E-state index contributed by atoms with van der Waals surface area (Å²) in [5, 5.41) is 6.91. The second-order valence-electron chi connectivity index (χ2n) is 13.0. The molecule has 10 rings (SSSR count). The fraction of sp³-hybridized carbons (Fsp3) is 0. The molecule has 8 aromatic carbocycles. The van der Waals surface area contributed by atoms with Gasteiger partial charge < -0.3 is 4.42 Å². The molecule has 10 aromatic rings. The van der Waals surface area contributed by atoms with Gasteiger partial charge in [0.15, 0.2) is 5.82 Å². The Labute approximate surface area is 295 Å². The van der Waals surface area contributed by atoms with Gasteiger partial charge in [0.25, 0.3) is 0 Å². The molecule has 0 radical (unpaired) electrons. The lowest BCUT2D eigenvalue weighted by Crippen LogP contribution is -1.96. The van der Waals surface area contributed by atoms with Gasteiger partial charge >= 0.3 is 0 Å². The molecular weight excluding hydrogens is 621 g/mol. The fourth-order valence-electron chi connectivity index (χ4n) is 7.24. The molecule has 0 amide bonds. The van der Waals surface area contributed by atoms with Crippen LogP contribution in [0.3, 0.4) is 0 Å². The van der Waals surface area contributed by atoms with Gasteiger partial charge in [-0.15, -0.1) is 0 Å². The largest absolute Gasteiger partial charge is 0.456 e. The normalized spacial score (nSPS) is 11.5. The first-order chi connectivity index (χ1) is 25.2. The molecule has 0 spiro atoms. The van der Waals surface area contributed by atoms with E-state index in [2.05, 4.69) is 158 Å². The molecule has 0 unspecified atom stereocenters. The van der Waals surface area contributed by atoms with Crippen molar-refractivity contribution in [3.05, 3.63) is 182 Å². The van der Waals surface area contributed by atoms with E-state index in [4.69, 9.17) is 14.4 Å². The molecule has 0 saturated carbocycles. The van der Waals surface area contributed by atoms with Crippen molar-refractivity contribution in [3.63, 3.8) is 0 Å². The molecule has 0 bridgehead atoms. The number of benzene rings is 8. The van der Waals surface area contributed by atoms with Gasteiger partial charge in [0.1, 0.15) is 11.2 Å². The molecule has 0 saturated heterocycles. The van der Waals surface area contributed by atoms with Gasteiger partial charge in [-0.1, -0.05) is 146 Å². The first-order valence-corrected chi connectivity index (χ1v) is 17.2. The predicted octanol–water partition coefficient (Wildman–Crippen LogP) is 13.0. The molecule has 0 aliphatic rings. The van der Waals surface area contributed by atoms with Crippen LogP contribution in [0.5, 0.6) is 0 Å². The molecule has 2 aromatic heterocycles. The Balaban J connectivity index is 1.19. The number of aromatic nitrogens is 2. The zero-order valence-electron chi connectivity index (χ0n) is 27.6. The summed E-state index contributed by atoms with van der Waals surface area (Å²) in [4.78, 5) is 10.3. The van der Waals surface area contributed by atoms with E-state index >= 15 is 0 Å². The number of hydrogen-bond donors (Lipinski definition) is 0. The first kappa shape index (κ1) is 29.1. The van der Waals surface area contributed by atoms with Crippen LogP contribution >= 0.6 is 0 Å². The molecule has 238 valence electrons. The van der Waals surface area contributed by atoms with Gasteiger partial charge in [-0.3, -0.25) is 0 Å². The average molecular weight is 651 g/mol. The molecule has 2 heterocycles. The van der Waals surface area contributed by atoms with Crippen molar-refractivity contribution >= 4 is 43.5 Å². The third-order valence-corrected chi connectivity index (χ3v) is 9.84. The highest BCUT2D eigenvalue weighted by atomic mass is 16.3. The molecule has 0 fully saturated rings. The number of fused-ring (bicyclic) bond motifs is 5. The predicted molar refractivity (Wildman–Crippen MR) is 212 cm³/mol. The lowest BCUT2D eigenvalue weighted by Gasteiger charge is -2.12. The minimum atomic E-state index is 0.684. The summed E-state index contributed by atoms with van der Waals surface area (Å²) in [5.41, 5.74) is 11.0. The van der Waals surface area contributed by atoms with Gasteiger partial charge in [-0.2, -0.15) is 0 Å². The highest BCUT2D eigenvalue weighted by molar-refractivity contribution is 6.16. The third kappa shape index (κ3) is 5.24. The van der Waals surface area contributed by atoms with E-state index in [-0.39, 0.29) is 0 Å². The Morgan fingerprint density at radius 1 is 0.333 bits per heavy atom. The molecule has 3 heteroatoms. The summed E-state index contributed by atoms with van der Waals surface area (Å²) >= 11 is 0. The zero-order valence-corrected chi connectivity index (χ0v) is 27.6. The lowest BCUT2D eigenvalue weighted by molar-refractivity contribution is 0.669. The van der Waals surface area contributed by atoms with Crippen LogP contribution in [-0.2, 0) is 0 Å². The second-order valence-corrected chi connectivity index (χ2v) is 13.0. The Bertz CT molecular complexity index is 2830. The van der Waals surface area contributed by atoms with Crippen LogP contribution in [0, 0.1) is 0 Å². The topological polar surface area (TPSA) is 38.9 Å². The zero-order chi connectivity index (χ0) is 33.7. The monoisotopic (exact) mass is 650 g/mol. The maximum Gasteiger partial charge on any atom is 0.160 e. The SMILES string of the molecule is c1ccc(-c2cc(-c3cc(-c4ccc(-c5ccc6ccccc6c5)cc4)cc4oc5cc6ccccc6cc5c34)nc(-c3ccccc3)n2)cc1. The quantitative estimate of drug-likeness (QED) is 0.186. The number of furan rings is 1. The van der Waals surface area contributed by atoms with Gasteiger partial charge in [0, 0.05) is 27.5 Å². The summed E-state index contributed by atoms with van der Waals surface area (Å²) in [7, 11) is 0. The van der Waals surface area contributed by atoms with E-state index in [1.165, 1.54) is 27.3 Å². The number of hydrogen-bond acceptors (Lipinski definition) is 3. The van der Waals surface area contributed by atoms with Crippen LogP contribution < -0.4 is 0 Å². The third-order valence-electron chi connectivity index (χ3n) is 9.84. The first-order valence-electron chi connectivity index (χ1n) is 17.2. The van der Waals surface area contributed by atoms with Gasteiger partial charge in [-0.05, 0) is 80.2 Å². The van der Waals surface area contributed by atoms with Crippen molar-refractivity contribution in [2.75, 3.05) is 0 Å². The maximum absolute atomic E-state index is 6.71. The molecule has 0 N–H and O–H groups in total. The van der Waals surface area contributed by atoms with E-state index in [9.17, 15) is 0 Å². The van der Waals surface area contributed by atoms with Crippen LogP contribution in [0.25, 0.3) is 99.6 Å². The summed E-state index contributed by atoms with van der Waals surface area (Å²) in [6.07, 6.45) is 0. The van der Waals surface area contributed by atoms with Crippen LogP contribution in [0.2, 0.25) is 0 Å². The van der Waals surface area contributed by atoms with Gasteiger partial charge in [0.05, 0.1) is 11.4 Å². The van der Waals surface area contributed by atoms with Crippen LogP contribution in [0.15, 0.2) is 186 Å². The molecule has 51 heavy (non-hydrogen) atoms. The van der Waals surface area contributed by atoms with Crippen molar-refractivity contribution in [2.45, 2.75) is 0 Å². The van der Waals surface area contributed by atoms with Crippen molar-refractivity contribution in [1.29, 1.82) is 0 Å². The van der Waals surface area contributed by atoms with Crippen molar-refractivity contribution in [1.82, 2.24) is 9.97 Å². The number of rotatable bonds is 5. The highest BCUT2D eigenvalue weighted by Crippen LogP contribution is 2.42. The minimum Gasteiger partial charge on any atom is -0.456 e. The van der Waals surface area contributed by atoms with Gasteiger partial charge in [-0.25, -0.2) is 9.97 Å². The Morgan fingerprint density at radius 3 is 1.63 bits per heavy atom. The second kappa shape index (κ2) is 11.9. The Morgan fingerprint density at radius 2 is 0.902 bits per heavy atom. The Hall–Kier alpha value is -6.84. The minimum absolute atomic E-state index is 0.684. The van der Waals surface area contributed by atoms with Crippen LogP contribution in [-0.4, -0.2) is 9.97 Å². The average Bonchev–Trinajstić information content (AvgIpc) is 3.57. The van der Waals surface area contributed by atoms with E-state index in [1.807, 2.05) is 24.3 Å². The van der Waals surface area contributed by atoms with Crippen LogP contribution in [0.4, 0.5) is 0 Å². The summed E-state index contributed by atoms with van der Waals surface area (Å²) in [6, 6.07) is 63.9. The molecule has 0 aliphatic heterocycles. The maximum atomic E-state index is 6.71. The molecule has 0 aliphatic carbocycles. The van der Waals surface area contributed by atoms with E-state index in [0.29, 0.717) is 5.82 Å². The molecular formula is C48H30N2O. The molecule has 3 nitrogen and oxygen atoms in total. The van der Waals surface area contributed by atoms with E-state index < -0.39 is 0 Å². The van der Waals surface area contributed by atoms with E-state index in [0.717, 1.165) is 66.5 Å². The van der Waals surface area contributed by atoms with E-state index in [1.54, 1.807) is 0 Å². The smallest absolute Gasteiger partial charge is 0.160 e. The summed E-state index contributed by atoms with van der Waals surface area (Å²) in [6.45, 7) is 0. The van der Waals surface area contributed by atoms with Crippen LogP contribution in [0.1, 0.15) is 0 Å². The standard InChI is InChI=1S/C48H30N2O/c1-3-12-34(13-4-1)43-30-44(50-48(49-43)35-14-5-2-6-15-35)41-27-40(29-46-47(41)42-26-37-17-9-10-18-38(37)28-45(42)51-46)33-21-19-32(20-22-33)39-24-23-31-11-7-8-16-36(31)25-39/h1-30H. The lowest BCUT2D eigenvalue weighted by atomic mass is 9.94. The number of nitrogens with zero attached hydrogens (tertiary/aromatic N) is 2. The highest BCUT2D eigenvalue weighted by Gasteiger charge is 2.19. The molecule has 0 atom stereocenters. The van der Waals surface area contributed by atoms with Crippen molar-refractivity contribution < 1.29 is 4.42 Å². The Kier molecular flexibility index (Phi) is 6.81.